The van der Waals surface area contributed by atoms with Crippen LogP contribution in [-0.4, -0.2) is 45.5 Å². The van der Waals surface area contributed by atoms with Gasteiger partial charge in [-0.1, -0.05) is 29.5 Å². The highest BCUT2D eigenvalue weighted by Gasteiger charge is 2.20. The summed E-state index contributed by atoms with van der Waals surface area (Å²) in [6.45, 7) is 5.91. The van der Waals surface area contributed by atoms with Crippen LogP contribution in [0.5, 0.6) is 0 Å². The minimum atomic E-state index is -0.357. The van der Waals surface area contributed by atoms with Gasteiger partial charge in [-0.15, -0.1) is 5.10 Å². The molecule has 1 unspecified atom stereocenters. The average Bonchev–Trinajstić information content (AvgIpc) is 3.10. The first-order chi connectivity index (χ1) is 13.3. The highest BCUT2D eigenvalue weighted by Crippen LogP contribution is 2.26. The van der Waals surface area contributed by atoms with Gasteiger partial charge in [0.05, 0.1) is 10.9 Å². The standard InChI is InChI=1S/C20H24N6OS/c1-13-6-11-18(14(2)12-13)26-20(22-23-24-26)28-15(3)19(27)21-16-7-9-17(10-8-16)25(4)5/h6-12,15H,1-5H3,(H,21,27). The van der Waals surface area contributed by atoms with E-state index in [-0.39, 0.29) is 11.2 Å². The maximum absolute atomic E-state index is 12.6. The summed E-state index contributed by atoms with van der Waals surface area (Å²) in [5.41, 5.74) is 5.00. The van der Waals surface area contributed by atoms with E-state index in [1.807, 2.05) is 76.2 Å². The molecule has 2 aromatic carbocycles. The first-order valence-electron chi connectivity index (χ1n) is 8.96. The van der Waals surface area contributed by atoms with E-state index in [0.29, 0.717) is 5.16 Å². The fourth-order valence-electron chi connectivity index (χ4n) is 2.75. The van der Waals surface area contributed by atoms with Gasteiger partial charge < -0.3 is 10.2 Å². The van der Waals surface area contributed by atoms with Gasteiger partial charge in [0.1, 0.15) is 0 Å². The molecule has 28 heavy (non-hydrogen) atoms. The molecule has 3 aromatic rings. The lowest BCUT2D eigenvalue weighted by Crippen LogP contribution is -2.23. The van der Waals surface area contributed by atoms with Crippen molar-refractivity contribution in [2.45, 2.75) is 31.2 Å². The van der Waals surface area contributed by atoms with Crippen molar-refractivity contribution in [1.82, 2.24) is 20.2 Å². The second kappa shape index (κ2) is 8.43. The number of rotatable bonds is 6. The predicted octanol–water partition coefficient (Wildman–Crippen LogP) is 3.46. The number of hydrogen-bond acceptors (Lipinski definition) is 6. The zero-order valence-corrected chi connectivity index (χ0v) is 17.5. The van der Waals surface area contributed by atoms with Crippen molar-refractivity contribution in [3.8, 4) is 5.69 Å². The molecule has 0 bridgehead atoms. The summed E-state index contributed by atoms with van der Waals surface area (Å²) in [5.74, 6) is -0.0993. The summed E-state index contributed by atoms with van der Waals surface area (Å²) in [4.78, 5) is 14.6. The van der Waals surface area contributed by atoms with Crippen LogP contribution in [0.1, 0.15) is 18.1 Å². The Kier molecular flexibility index (Phi) is 5.99. The number of nitrogens with one attached hydrogen (secondary N) is 1. The first-order valence-corrected chi connectivity index (χ1v) is 9.84. The van der Waals surface area contributed by atoms with Crippen LogP contribution in [0.2, 0.25) is 0 Å². The molecule has 1 amide bonds. The number of carbonyl (C=O) groups is 1. The molecular formula is C20H24N6OS. The van der Waals surface area contributed by atoms with E-state index < -0.39 is 0 Å². The van der Waals surface area contributed by atoms with Crippen LogP contribution in [-0.2, 0) is 4.79 Å². The van der Waals surface area contributed by atoms with Crippen LogP contribution in [0, 0.1) is 13.8 Å². The monoisotopic (exact) mass is 396 g/mol. The Balaban J connectivity index is 1.70. The van der Waals surface area contributed by atoms with Gasteiger partial charge >= 0.3 is 0 Å². The van der Waals surface area contributed by atoms with E-state index in [4.69, 9.17) is 0 Å². The molecule has 0 aliphatic carbocycles. The first kappa shape index (κ1) is 19.9. The molecule has 1 atom stereocenters. The average molecular weight is 397 g/mol. The number of thioether (sulfide) groups is 1. The van der Waals surface area contributed by atoms with Gasteiger partial charge in [-0.2, -0.15) is 4.68 Å². The molecule has 0 spiro atoms. The maximum atomic E-state index is 12.6. The lowest BCUT2D eigenvalue weighted by atomic mass is 10.1. The molecular weight excluding hydrogens is 372 g/mol. The predicted molar refractivity (Wildman–Crippen MR) is 113 cm³/mol. The SMILES string of the molecule is Cc1ccc(-n2nnnc2SC(C)C(=O)Nc2ccc(N(C)C)cc2)c(C)c1. The molecule has 0 fully saturated rings. The fraction of sp³-hybridized carbons (Fsp3) is 0.300. The number of nitrogens with zero attached hydrogens (tertiary/aromatic N) is 5. The third kappa shape index (κ3) is 4.51. The van der Waals surface area contributed by atoms with E-state index in [2.05, 4.69) is 26.9 Å². The summed E-state index contributed by atoms with van der Waals surface area (Å²) in [6.07, 6.45) is 0. The number of anilines is 2. The van der Waals surface area contributed by atoms with Gasteiger partial charge in [0.25, 0.3) is 0 Å². The quantitative estimate of drug-likeness (QED) is 0.643. The molecule has 1 aromatic heterocycles. The highest BCUT2D eigenvalue weighted by atomic mass is 32.2. The number of amides is 1. The third-order valence-corrected chi connectivity index (χ3v) is 5.36. The number of hydrogen-bond donors (Lipinski definition) is 1. The highest BCUT2D eigenvalue weighted by molar-refractivity contribution is 8.00. The molecule has 1 heterocycles. The smallest absolute Gasteiger partial charge is 0.237 e. The Hall–Kier alpha value is -2.87. The molecule has 1 N–H and O–H groups in total. The molecule has 7 nitrogen and oxygen atoms in total. The topological polar surface area (TPSA) is 75.9 Å². The third-order valence-electron chi connectivity index (χ3n) is 4.32. The molecule has 146 valence electrons. The van der Waals surface area contributed by atoms with Gasteiger partial charge in [-0.25, -0.2) is 0 Å². The Labute approximate surface area is 169 Å². The summed E-state index contributed by atoms with van der Waals surface area (Å²) in [6, 6.07) is 13.8. The molecule has 3 rings (SSSR count). The second-order valence-electron chi connectivity index (χ2n) is 6.85. The number of aromatic nitrogens is 4. The van der Waals surface area contributed by atoms with E-state index in [1.54, 1.807) is 4.68 Å². The zero-order valence-electron chi connectivity index (χ0n) is 16.7. The minimum absolute atomic E-state index is 0.0993. The number of aryl methyl sites for hydroxylation is 2. The Bertz CT molecular complexity index is 967. The largest absolute Gasteiger partial charge is 0.378 e. The van der Waals surface area contributed by atoms with Crippen LogP contribution in [0.25, 0.3) is 5.69 Å². The van der Waals surface area contributed by atoms with E-state index in [0.717, 1.165) is 22.6 Å². The van der Waals surface area contributed by atoms with Gasteiger partial charge in [0, 0.05) is 25.5 Å². The van der Waals surface area contributed by atoms with Crippen molar-refractivity contribution in [2.75, 3.05) is 24.3 Å². The summed E-state index contributed by atoms with van der Waals surface area (Å²) >= 11 is 1.33. The fourth-order valence-corrected chi connectivity index (χ4v) is 3.55. The Morgan fingerprint density at radius 3 is 2.50 bits per heavy atom. The lowest BCUT2D eigenvalue weighted by molar-refractivity contribution is -0.115. The van der Waals surface area contributed by atoms with Crippen LogP contribution < -0.4 is 10.2 Å². The van der Waals surface area contributed by atoms with Crippen molar-refractivity contribution in [1.29, 1.82) is 0 Å². The molecule has 0 saturated carbocycles. The van der Waals surface area contributed by atoms with E-state index >= 15 is 0 Å². The second-order valence-corrected chi connectivity index (χ2v) is 8.16. The van der Waals surface area contributed by atoms with Crippen molar-refractivity contribution in [3.63, 3.8) is 0 Å². The summed E-state index contributed by atoms with van der Waals surface area (Å²) in [5, 5.41) is 15.1. The molecule has 0 radical (unpaired) electrons. The van der Waals surface area contributed by atoms with Crippen molar-refractivity contribution in [2.24, 2.45) is 0 Å². The molecule has 0 saturated heterocycles. The van der Waals surface area contributed by atoms with Crippen LogP contribution >= 0.6 is 11.8 Å². The van der Waals surface area contributed by atoms with Crippen LogP contribution in [0.3, 0.4) is 0 Å². The summed E-state index contributed by atoms with van der Waals surface area (Å²) < 4.78 is 1.68. The molecule has 0 aliphatic heterocycles. The Morgan fingerprint density at radius 2 is 1.86 bits per heavy atom. The van der Waals surface area contributed by atoms with Crippen LogP contribution in [0.15, 0.2) is 47.6 Å². The van der Waals surface area contributed by atoms with Gasteiger partial charge in [0.2, 0.25) is 11.1 Å². The van der Waals surface area contributed by atoms with Crippen molar-refractivity contribution >= 4 is 29.0 Å². The molecule has 8 heteroatoms. The van der Waals surface area contributed by atoms with Gasteiger partial charge in [0.15, 0.2) is 0 Å². The zero-order chi connectivity index (χ0) is 20.3. The normalized spacial score (nSPS) is 11.9. The lowest BCUT2D eigenvalue weighted by Gasteiger charge is -2.15. The van der Waals surface area contributed by atoms with Gasteiger partial charge in [-0.05, 0) is 67.1 Å². The minimum Gasteiger partial charge on any atom is -0.378 e. The van der Waals surface area contributed by atoms with Crippen molar-refractivity contribution in [3.05, 3.63) is 53.6 Å². The number of benzene rings is 2. The van der Waals surface area contributed by atoms with E-state index in [1.165, 1.54) is 17.3 Å². The Morgan fingerprint density at radius 1 is 1.14 bits per heavy atom. The number of carbonyl (C=O) groups excluding carboxylic acids is 1. The van der Waals surface area contributed by atoms with E-state index in [9.17, 15) is 4.79 Å². The van der Waals surface area contributed by atoms with Gasteiger partial charge in [-0.3, -0.25) is 4.79 Å². The van der Waals surface area contributed by atoms with Crippen LogP contribution in [0.4, 0.5) is 11.4 Å². The molecule has 0 aliphatic rings. The maximum Gasteiger partial charge on any atom is 0.237 e. The summed E-state index contributed by atoms with van der Waals surface area (Å²) in [7, 11) is 3.96. The number of tetrazole rings is 1. The van der Waals surface area contributed by atoms with Crippen molar-refractivity contribution < 1.29 is 4.79 Å².